The minimum absolute atomic E-state index is 0.406. The van der Waals surface area contributed by atoms with Gasteiger partial charge >= 0.3 is 5.97 Å². The molecule has 0 unspecified atom stereocenters. The number of rotatable bonds is 7. The highest BCUT2D eigenvalue weighted by molar-refractivity contribution is 6.00. The number of hydrogen-bond acceptors (Lipinski definition) is 5. The van der Waals surface area contributed by atoms with Crippen LogP contribution in [0.3, 0.4) is 0 Å². The normalized spacial score (nSPS) is 11.2. The van der Waals surface area contributed by atoms with Crippen molar-refractivity contribution in [1.29, 1.82) is 0 Å². The van der Waals surface area contributed by atoms with Crippen LogP contribution in [0, 0.1) is 0 Å². The zero-order valence-corrected chi connectivity index (χ0v) is 17.3. The van der Waals surface area contributed by atoms with Gasteiger partial charge in [0, 0.05) is 28.9 Å². The van der Waals surface area contributed by atoms with Crippen LogP contribution < -0.4 is 15.2 Å². The molecular formula is C23H25N3O4. The van der Waals surface area contributed by atoms with Gasteiger partial charge in [-0.15, -0.1) is 0 Å². The van der Waals surface area contributed by atoms with Gasteiger partial charge < -0.3 is 29.5 Å². The molecule has 0 fully saturated rings. The Bertz CT molecular complexity index is 1220. The monoisotopic (exact) mass is 407 g/mol. The molecule has 0 aliphatic rings. The van der Waals surface area contributed by atoms with E-state index in [0.717, 1.165) is 40.2 Å². The summed E-state index contributed by atoms with van der Waals surface area (Å²) < 4.78 is 18.2. The van der Waals surface area contributed by atoms with Crippen LogP contribution in [0.5, 0.6) is 11.5 Å². The number of hydrogen-bond donors (Lipinski definition) is 2. The van der Waals surface area contributed by atoms with E-state index in [-0.39, 0.29) is 0 Å². The Kier molecular flexibility index (Phi) is 5.27. The van der Waals surface area contributed by atoms with Crippen molar-refractivity contribution in [2.45, 2.75) is 12.8 Å². The number of H-pyrrole nitrogens is 1. The molecule has 7 nitrogen and oxygen atoms in total. The van der Waals surface area contributed by atoms with Gasteiger partial charge in [-0.05, 0) is 37.1 Å². The van der Waals surface area contributed by atoms with Crippen LogP contribution in [0.2, 0.25) is 0 Å². The van der Waals surface area contributed by atoms with Crippen LogP contribution in [0.4, 0.5) is 5.82 Å². The summed E-state index contributed by atoms with van der Waals surface area (Å²) in [6.07, 6.45) is 1.60. The first-order valence-electron chi connectivity index (χ1n) is 9.77. The number of esters is 1. The first kappa shape index (κ1) is 19.7. The molecule has 156 valence electrons. The van der Waals surface area contributed by atoms with Crippen molar-refractivity contribution in [3.63, 3.8) is 0 Å². The Morgan fingerprint density at radius 2 is 1.87 bits per heavy atom. The number of para-hydroxylation sites is 1. The number of aromatic nitrogens is 2. The van der Waals surface area contributed by atoms with Crippen LogP contribution >= 0.6 is 0 Å². The van der Waals surface area contributed by atoms with Gasteiger partial charge in [0.1, 0.15) is 23.0 Å². The minimum atomic E-state index is -0.406. The summed E-state index contributed by atoms with van der Waals surface area (Å²) in [6, 6.07) is 13.6. The first-order chi connectivity index (χ1) is 14.5. The second kappa shape index (κ2) is 8.02. The van der Waals surface area contributed by atoms with E-state index in [0.29, 0.717) is 29.6 Å². The fourth-order valence-electron chi connectivity index (χ4n) is 3.92. The van der Waals surface area contributed by atoms with Crippen LogP contribution in [0.1, 0.15) is 22.5 Å². The van der Waals surface area contributed by atoms with E-state index in [1.54, 1.807) is 24.8 Å². The zero-order valence-electron chi connectivity index (χ0n) is 17.3. The number of aromatic amines is 1. The number of carbonyl (C=O) groups is 1. The quantitative estimate of drug-likeness (QED) is 0.356. The van der Waals surface area contributed by atoms with Crippen LogP contribution in [-0.4, -0.2) is 36.3 Å². The molecule has 0 bridgehead atoms. The predicted molar refractivity (Wildman–Crippen MR) is 117 cm³/mol. The predicted octanol–water partition coefficient (Wildman–Crippen LogP) is 4.05. The molecule has 7 heteroatoms. The number of anilines is 1. The zero-order chi connectivity index (χ0) is 21.3. The maximum atomic E-state index is 12.1. The lowest BCUT2D eigenvalue weighted by molar-refractivity contribution is 0.0590. The summed E-state index contributed by atoms with van der Waals surface area (Å²) >= 11 is 0. The highest BCUT2D eigenvalue weighted by Gasteiger charge is 2.19. The Morgan fingerprint density at radius 1 is 1.10 bits per heavy atom. The Balaban J connectivity index is 1.54. The number of benzene rings is 2. The van der Waals surface area contributed by atoms with Gasteiger partial charge in [-0.25, -0.2) is 4.79 Å². The van der Waals surface area contributed by atoms with Gasteiger partial charge in [0.05, 0.1) is 26.3 Å². The van der Waals surface area contributed by atoms with Crippen molar-refractivity contribution < 1.29 is 19.0 Å². The molecule has 30 heavy (non-hydrogen) atoms. The topological polar surface area (TPSA) is 91.5 Å². The van der Waals surface area contributed by atoms with Crippen LogP contribution in [-0.2, 0) is 18.2 Å². The average molecular weight is 407 g/mol. The summed E-state index contributed by atoms with van der Waals surface area (Å²) in [6.45, 7) is 0.517. The van der Waals surface area contributed by atoms with E-state index in [1.165, 1.54) is 7.11 Å². The number of nitrogen functional groups attached to an aromatic ring is 1. The largest absolute Gasteiger partial charge is 0.495 e. The van der Waals surface area contributed by atoms with Gasteiger partial charge in [0.15, 0.2) is 0 Å². The summed E-state index contributed by atoms with van der Waals surface area (Å²) in [5, 5.41) is 1.96. The third-order valence-electron chi connectivity index (χ3n) is 5.41. The van der Waals surface area contributed by atoms with Gasteiger partial charge in [0.2, 0.25) is 0 Å². The third-order valence-corrected chi connectivity index (χ3v) is 5.41. The van der Waals surface area contributed by atoms with Crippen molar-refractivity contribution in [2.75, 3.05) is 26.6 Å². The summed E-state index contributed by atoms with van der Waals surface area (Å²) in [7, 11) is 4.78. The molecule has 0 radical (unpaired) electrons. The lowest BCUT2D eigenvalue weighted by Gasteiger charge is -2.11. The molecule has 4 rings (SSSR count). The van der Waals surface area contributed by atoms with Gasteiger partial charge in [0.25, 0.3) is 0 Å². The van der Waals surface area contributed by atoms with Crippen molar-refractivity contribution in [1.82, 2.24) is 9.55 Å². The number of ether oxygens (including phenoxy) is 3. The highest BCUT2D eigenvalue weighted by Crippen LogP contribution is 2.35. The molecular weight excluding hydrogens is 382 g/mol. The van der Waals surface area contributed by atoms with E-state index in [1.807, 2.05) is 30.3 Å². The molecule has 3 N–H and O–H groups in total. The lowest BCUT2D eigenvalue weighted by atomic mass is 10.1. The van der Waals surface area contributed by atoms with Crippen molar-refractivity contribution in [2.24, 2.45) is 7.05 Å². The molecule has 0 saturated heterocycles. The van der Waals surface area contributed by atoms with Gasteiger partial charge in [-0.3, -0.25) is 0 Å². The standard InChI is InChI=1S/C23H25N3O4/c1-26-18(23(27)29-3)13-16-19(10-11-20(28-2)21(16)26)30-12-6-8-15-14-7-4-5-9-17(14)25-22(15)24/h4-5,7,9-11,13,25H,6,8,12,24H2,1-3H3. The second-order valence-electron chi connectivity index (χ2n) is 7.12. The number of nitrogens with zero attached hydrogens (tertiary/aromatic N) is 1. The summed E-state index contributed by atoms with van der Waals surface area (Å²) in [5.41, 5.74) is 9.54. The molecule has 0 spiro atoms. The summed E-state index contributed by atoms with van der Waals surface area (Å²) in [4.78, 5) is 15.3. The molecule has 0 atom stereocenters. The molecule has 2 heterocycles. The smallest absolute Gasteiger partial charge is 0.354 e. The van der Waals surface area contributed by atoms with Crippen molar-refractivity contribution >= 4 is 33.6 Å². The van der Waals surface area contributed by atoms with E-state index in [9.17, 15) is 4.79 Å². The van der Waals surface area contributed by atoms with Crippen LogP contribution in [0.15, 0.2) is 42.5 Å². The SMILES string of the molecule is COC(=O)c1cc2c(OCCCc3c(N)[nH]c4ccccc34)ccc(OC)c2n1C. The molecule has 0 amide bonds. The number of aryl methyl sites for hydroxylation is 2. The molecule has 0 aliphatic heterocycles. The van der Waals surface area contributed by atoms with E-state index >= 15 is 0 Å². The van der Waals surface area contributed by atoms with E-state index < -0.39 is 5.97 Å². The molecule has 0 aliphatic carbocycles. The van der Waals surface area contributed by atoms with Gasteiger partial charge in [-0.1, -0.05) is 18.2 Å². The number of methoxy groups -OCH3 is 2. The first-order valence-corrected chi connectivity index (χ1v) is 9.77. The number of fused-ring (bicyclic) bond motifs is 2. The maximum Gasteiger partial charge on any atom is 0.354 e. The fourth-order valence-corrected chi connectivity index (χ4v) is 3.92. The highest BCUT2D eigenvalue weighted by atomic mass is 16.5. The average Bonchev–Trinajstić information content (AvgIpc) is 3.27. The molecule has 2 aromatic carbocycles. The minimum Gasteiger partial charge on any atom is -0.495 e. The fraction of sp³-hybridized carbons (Fsp3) is 0.261. The maximum absolute atomic E-state index is 12.1. The molecule has 0 saturated carbocycles. The van der Waals surface area contributed by atoms with Crippen molar-refractivity contribution in [3.05, 3.63) is 53.7 Å². The molecule has 4 aromatic rings. The van der Waals surface area contributed by atoms with E-state index in [2.05, 4.69) is 11.1 Å². The van der Waals surface area contributed by atoms with Crippen LogP contribution in [0.25, 0.3) is 21.8 Å². The number of nitrogens with one attached hydrogen (secondary N) is 1. The third kappa shape index (κ3) is 3.32. The molecule has 2 aromatic heterocycles. The Hall–Kier alpha value is -3.61. The lowest BCUT2D eigenvalue weighted by Crippen LogP contribution is -2.07. The van der Waals surface area contributed by atoms with E-state index in [4.69, 9.17) is 19.9 Å². The van der Waals surface area contributed by atoms with Crippen molar-refractivity contribution in [3.8, 4) is 11.5 Å². The number of nitrogens with two attached hydrogens (primary N) is 1. The second-order valence-corrected chi connectivity index (χ2v) is 7.12. The Morgan fingerprint density at radius 3 is 2.63 bits per heavy atom. The van der Waals surface area contributed by atoms with Gasteiger partial charge in [-0.2, -0.15) is 0 Å². The Labute approximate surface area is 174 Å². The number of carbonyl (C=O) groups excluding carboxylic acids is 1. The summed E-state index contributed by atoms with van der Waals surface area (Å²) in [5.74, 6) is 1.66.